The minimum Gasteiger partial charge on any atom is -0.383 e. The van der Waals surface area contributed by atoms with Crippen LogP contribution in [0.25, 0.3) is 11.2 Å². The van der Waals surface area contributed by atoms with Gasteiger partial charge in [0.15, 0.2) is 11.2 Å². The third kappa shape index (κ3) is 5.57. The molecule has 0 radical (unpaired) electrons. The summed E-state index contributed by atoms with van der Waals surface area (Å²) in [5.41, 5.74) is 1.03. The number of imidazole rings is 1. The maximum atomic E-state index is 13.3. The van der Waals surface area contributed by atoms with Gasteiger partial charge in [-0.1, -0.05) is 60.4 Å². The van der Waals surface area contributed by atoms with Gasteiger partial charge in [0.25, 0.3) is 5.56 Å². The Morgan fingerprint density at radius 2 is 1.74 bits per heavy atom. The summed E-state index contributed by atoms with van der Waals surface area (Å²) in [4.78, 5) is 43.6. The zero-order chi connectivity index (χ0) is 24.6. The molecule has 0 atom stereocenters. The summed E-state index contributed by atoms with van der Waals surface area (Å²) in [6.45, 7) is 0.623. The van der Waals surface area contributed by atoms with Crippen LogP contribution in [0.15, 0.2) is 76.6 Å². The van der Waals surface area contributed by atoms with Gasteiger partial charge in [0.1, 0.15) is 6.54 Å². The molecule has 2 heterocycles. The third-order valence-electron chi connectivity index (χ3n) is 5.39. The summed E-state index contributed by atoms with van der Waals surface area (Å²) in [6.07, 6.45) is 1.51. The number of carbonyl (C=O) groups is 1. The number of hydrogen-bond donors (Lipinski definition) is 1. The molecule has 2 aromatic heterocycles. The SMILES string of the molecule is COCCn1cnc2c1c(=O)n(CC(=O)NCC#Cc1ccccc1)c(=O)n2Cc1ccccc1. The van der Waals surface area contributed by atoms with Crippen LogP contribution in [-0.2, 0) is 29.2 Å². The highest BCUT2D eigenvalue weighted by Gasteiger charge is 2.19. The molecule has 0 spiro atoms. The van der Waals surface area contributed by atoms with Gasteiger partial charge in [-0.05, 0) is 17.7 Å². The Morgan fingerprint density at radius 1 is 1.03 bits per heavy atom. The fraction of sp³-hybridized carbons (Fsp3) is 0.231. The maximum absolute atomic E-state index is 13.3. The minimum absolute atomic E-state index is 0.0920. The first-order valence-corrected chi connectivity index (χ1v) is 11.1. The number of fused-ring (bicyclic) bond motifs is 1. The standard InChI is InChI=1S/C26H25N5O4/c1-35-16-15-29-19-28-24-23(29)25(33)31(26(34)30(24)17-21-11-6-3-7-12-21)18-22(32)27-14-8-13-20-9-4-2-5-10-20/h2-7,9-12,19H,14-18H2,1H3,(H,27,32). The second-order valence-electron chi connectivity index (χ2n) is 7.79. The van der Waals surface area contributed by atoms with Crippen LogP contribution in [0, 0.1) is 11.8 Å². The van der Waals surface area contributed by atoms with Crippen molar-refractivity contribution >= 4 is 17.1 Å². The van der Waals surface area contributed by atoms with E-state index in [1.807, 2.05) is 60.7 Å². The van der Waals surface area contributed by atoms with Gasteiger partial charge >= 0.3 is 5.69 Å². The number of hydrogen-bond acceptors (Lipinski definition) is 5. The van der Waals surface area contributed by atoms with Crippen LogP contribution in [0.5, 0.6) is 0 Å². The molecule has 0 aliphatic rings. The van der Waals surface area contributed by atoms with Crippen molar-refractivity contribution in [3.05, 3.63) is 99.0 Å². The molecule has 0 aliphatic heterocycles. The van der Waals surface area contributed by atoms with E-state index in [-0.39, 0.29) is 24.3 Å². The summed E-state index contributed by atoms with van der Waals surface area (Å²) < 4.78 is 9.13. The average Bonchev–Trinajstić information content (AvgIpc) is 3.31. The molecule has 4 aromatic rings. The van der Waals surface area contributed by atoms with Gasteiger partial charge in [0, 0.05) is 19.2 Å². The fourth-order valence-electron chi connectivity index (χ4n) is 3.66. The lowest BCUT2D eigenvalue weighted by molar-refractivity contribution is -0.121. The third-order valence-corrected chi connectivity index (χ3v) is 5.39. The van der Waals surface area contributed by atoms with Crippen LogP contribution in [-0.4, -0.2) is 44.9 Å². The van der Waals surface area contributed by atoms with Gasteiger partial charge < -0.3 is 14.6 Å². The van der Waals surface area contributed by atoms with E-state index < -0.39 is 23.7 Å². The van der Waals surface area contributed by atoms with Crippen LogP contribution in [0.1, 0.15) is 11.1 Å². The van der Waals surface area contributed by atoms with Crippen LogP contribution < -0.4 is 16.6 Å². The second kappa shape index (κ2) is 11.1. The molecule has 0 unspecified atom stereocenters. The molecule has 178 valence electrons. The molecule has 2 aromatic carbocycles. The van der Waals surface area contributed by atoms with E-state index in [0.29, 0.717) is 13.2 Å². The van der Waals surface area contributed by atoms with Crippen molar-refractivity contribution in [2.75, 3.05) is 20.3 Å². The number of methoxy groups -OCH3 is 1. The summed E-state index contributed by atoms with van der Waals surface area (Å²) in [6, 6.07) is 18.8. The van der Waals surface area contributed by atoms with Crippen molar-refractivity contribution in [2.24, 2.45) is 0 Å². The number of nitrogens with one attached hydrogen (secondary N) is 1. The van der Waals surface area contributed by atoms with Gasteiger partial charge in [0.2, 0.25) is 5.91 Å². The first kappa shape index (κ1) is 23.7. The van der Waals surface area contributed by atoms with E-state index in [4.69, 9.17) is 4.74 Å². The number of ether oxygens (including phenoxy) is 1. The molecular formula is C26H25N5O4. The zero-order valence-corrected chi connectivity index (χ0v) is 19.3. The van der Waals surface area contributed by atoms with Crippen molar-refractivity contribution < 1.29 is 9.53 Å². The lowest BCUT2D eigenvalue weighted by Gasteiger charge is -2.12. The highest BCUT2D eigenvalue weighted by Crippen LogP contribution is 2.10. The summed E-state index contributed by atoms with van der Waals surface area (Å²) in [7, 11) is 1.56. The van der Waals surface area contributed by atoms with Gasteiger partial charge in [-0.3, -0.25) is 14.2 Å². The Balaban J connectivity index is 1.64. The molecular weight excluding hydrogens is 446 g/mol. The highest BCUT2D eigenvalue weighted by molar-refractivity contribution is 5.77. The topological polar surface area (TPSA) is 100 Å². The predicted molar refractivity (Wildman–Crippen MR) is 132 cm³/mol. The summed E-state index contributed by atoms with van der Waals surface area (Å²) in [5, 5.41) is 2.65. The lowest BCUT2D eigenvalue weighted by atomic mass is 10.2. The highest BCUT2D eigenvalue weighted by atomic mass is 16.5. The Labute approximate surface area is 201 Å². The molecule has 1 amide bonds. The molecule has 1 N–H and O–H groups in total. The van der Waals surface area contributed by atoms with Crippen LogP contribution in [0.2, 0.25) is 0 Å². The molecule has 0 saturated heterocycles. The molecule has 0 fully saturated rings. The normalized spacial score (nSPS) is 10.7. The predicted octanol–water partition coefficient (Wildman–Crippen LogP) is 1.22. The van der Waals surface area contributed by atoms with Crippen molar-refractivity contribution in [3.8, 4) is 11.8 Å². The van der Waals surface area contributed by atoms with Crippen LogP contribution >= 0.6 is 0 Å². The molecule has 4 rings (SSSR count). The minimum atomic E-state index is -0.603. The number of amides is 1. The largest absolute Gasteiger partial charge is 0.383 e. The molecule has 9 heteroatoms. The van der Waals surface area contributed by atoms with E-state index in [1.165, 1.54) is 10.9 Å². The van der Waals surface area contributed by atoms with Gasteiger partial charge in [-0.15, -0.1) is 0 Å². The number of nitrogens with zero attached hydrogens (tertiary/aromatic N) is 4. The first-order chi connectivity index (χ1) is 17.1. The lowest BCUT2D eigenvalue weighted by Crippen LogP contribution is -2.44. The molecule has 0 saturated carbocycles. The monoisotopic (exact) mass is 471 g/mol. The van der Waals surface area contributed by atoms with Gasteiger partial charge in [-0.25, -0.2) is 14.3 Å². The molecule has 0 aliphatic carbocycles. The number of rotatable bonds is 8. The first-order valence-electron chi connectivity index (χ1n) is 11.1. The van der Waals surface area contributed by atoms with Gasteiger partial charge in [-0.2, -0.15) is 0 Å². The van der Waals surface area contributed by atoms with E-state index in [2.05, 4.69) is 22.1 Å². The van der Waals surface area contributed by atoms with Crippen molar-refractivity contribution in [3.63, 3.8) is 0 Å². The summed E-state index contributed by atoms with van der Waals surface area (Å²) >= 11 is 0. The van der Waals surface area contributed by atoms with Crippen LogP contribution in [0.4, 0.5) is 0 Å². The maximum Gasteiger partial charge on any atom is 0.333 e. The van der Waals surface area contributed by atoms with E-state index in [1.54, 1.807) is 11.7 Å². The molecule has 0 bridgehead atoms. The summed E-state index contributed by atoms with van der Waals surface area (Å²) in [5.74, 6) is 5.33. The zero-order valence-electron chi connectivity index (χ0n) is 19.3. The van der Waals surface area contributed by atoms with E-state index in [9.17, 15) is 14.4 Å². The molecule has 9 nitrogen and oxygen atoms in total. The van der Waals surface area contributed by atoms with Crippen molar-refractivity contribution in [1.82, 2.24) is 24.0 Å². The van der Waals surface area contributed by atoms with Crippen molar-refractivity contribution in [1.29, 1.82) is 0 Å². The molecule has 35 heavy (non-hydrogen) atoms. The number of aromatic nitrogens is 4. The van der Waals surface area contributed by atoms with Gasteiger partial charge in [0.05, 0.1) is 26.0 Å². The Morgan fingerprint density at radius 3 is 2.46 bits per heavy atom. The van der Waals surface area contributed by atoms with E-state index >= 15 is 0 Å². The second-order valence-corrected chi connectivity index (χ2v) is 7.79. The average molecular weight is 472 g/mol. The van der Waals surface area contributed by atoms with E-state index in [0.717, 1.165) is 15.7 Å². The number of carbonyl (C=O) groups excluding carboxylic acids is 1. The Kier molecular flexibility index (Phi) is 7.55. The Bertz CT molecular complexity index is 1490. The number of benzene rings is 2. The van der Waals surface area contributed by atoms with Crippen molar-refractivity contribution in [2.45, 2.75) is 19.6 Å². The quantitative estimate of drug-likeness (QED) is 0.390. The smallest absolute Gasteiger partial charge is 0.333 e. The Hall–Kier alpha value is -4.42. The fourth-order valence-corrected chi connectivity index (χ4v) is 3.66. The van der Waals surface area contributed by atoms with Crippen LogP contribution in [0.3, 0.4) is 0 Å².